The van der Waals surface area contributed by atoms with E-state index in [0.717, 1.165) is 19.3 Å². The molecule has 1 aliphatic rings. The summed E-state index contributed by atoms with van der Waals surface area (Å²) >= 11 is 0. The molecule has 0 aromatic heterocycles. The van der Waals surface area contributed by atoms with Gasteiger partial charge in [0, 0.05) is 13.1 Å². The molecule has 4 heteroatoms. The van der Waals surface area contributed by atoms with Gasteiger partial charge in [0.15, 0.2) is 0 Å². The van der Waals surface area contributed by atoms with Gasteiger partial charge in [-0.1, -0.05) is 6.42 Å². The molecule has 0 spiro atoms. The van der Waals surface area contributed by atoms with Crippen LogP contribution in [0.4, 0.5) is 0 Å². The predicted molar refractivity (Wildman–Crippen MR) is 44.4 cm³/mol. The van der Waals surface area contributed by atoms with E-state index in [-0.39, 0.29) is 17.9 Å². The van der Waals surface area contributed by atoms with Crippen molar-refractivity contribution in [2.45, 2.75) is 25.3 Å². The van der Waals surface area contributed by atoms with Crippen LogP contribution in [0.15, 0.2) is 0 Å². The number of hydrogen-bond acceptors (Lipinski definition) is 2. The average molecular weight is 170 g/mol. The van der Waals surface area contributed by atoms with E-state index in [1.165, 1.54) is 0 Å². The van der Waals surface area contributed by atoms with E-state index >= 15 is 0 Å². The summed E-state index contributed by atoms with van der Waals surface area (Å²) in [5.74, 6) is 0.00653. The quantitative estimate of drug-likeness (QED) is 0.569. The summed E-state index contributed by atoms with van der Waals surface area (Å²) in [5.41, 5.74) is 0. The molecular formula is C8H14N2O2. The molecule has 0 heterocycles. The maximum Gasteiger partial charge on any atom is 0.224 e. The average Bonchev–Trinajstić information content (AvgIpc) is 2.52. The molecule has 1 aliphatic carbocycles. The fourth-order valence-corrected chi connectivity index (χ4v) is 1.75. The second-order valence-corrected chi connectivity index (χ2v) is 3.04. The number of carbonyl (C=O) groups is 2. The van der Waals surface area contributed by atoms with E-state index in [1.807, 2.05) is 0 Å². The Balaban J connectivity index is 2.50. The van der Waals surface area contributed by atoms with Gasteiger partial charge in [0.05, 0.1) is 5.92 Å². The Bertz CT molecular complexity index is 182. The van der Waals surface area contributed by atoms with Crippen molar-refractivity contribution in [2.75, 3.05) is 7.05 Å². The molecule has 0 radical (unpaired) electrons. The van der Waals surface area contributed by atoms with Gasteiger partial charge in [-0.2, -0.15) is 0 Å². The van der Waals surface area contributed by atoms with Crippen LogP contribution in [-0.2, 0) is 9.59 Å². The fraction of sp³-hybridized carbons (Fsp3) is 0.750. The lowest BCUT2D eigenvalue weighted by atomic mass is 10.0. The number of amides is 2. The summed E-state index contributed by atoms with van der Waals surface area (Å²) in [6, 6.07) is 0.0439. The number of rotatable bonds is 3. The minimum atomic E-state index is -0.0276. The molecule has 0 aliphatic heterocycles. The van der Waals surface area contributed by atoms with Crippen molar-refractivity contribution in [3.63, 3.8) is 0 Å². The first kappa shape index (κ1) is 9.03. The molecular weight excluding hydrogens is 156 g/mol. The van der Waals surface area contributed by atoms with E-state index in [2.05, 4.69) is 10.6 Å². The van der Waals surface area contributed by atoms with Crippen LogP contribution in [0.5, 0.6) is 0 Å². The predicted octanol–water partition coefficient (Wildman–Crippen LogP) is -0.353. The second kappa shape index (κ2) is 4.09. The molecule has 1 saturated carbocycles. The van der Waals surface area contributed by atoms with Crippen molar-refractivity contribution < 1.29 is 9.59 Å². The van der Waals surface area contributed by atoms with Gasteiger partial charge in [0.2, 0.25) is 12.3 Å². The van der Waals surface area contributed by atoms with Gasteiger partial charge in [-0.05, 0) is 12.8 Å². The van der Waals surface area contributed by atoms with Crippen LogP contribution >= 0.6 is 0 Å². The van der Waals surface area contributed by atoms with Crippen LogP contribution in [0.25, 0.3) is 0 Å². The molecule has 68 valence electrons. The third-order valence-corrected chi connectivity index (χ3v) is 2.38. The third kappa shape index (κ3) is 1.75. The summed E-state index contributed by atoms with van der Waals surface area (Å²) in [5, 5.41) is 5.27. The Morgan fingerprint density at radius 3 is 2.83 bits per heavy atom. The molecule has 1 rings (SSSR count). The Labute approximate surface area is 71.7 Å². The molecule has 2 unspecified atom stereocenters. The molecule has 0 bridgehead atoms. The van der Waals surface area contributed by atoms with Gasteiger partial charge in [-0.25, -0.2) is 0 Å². The zero-order chi connectivity index (χ0) is 8.97. The smallest absolute Gasteiger partial charge is 0.224 e. The van der Waals surface area contributed by atoms with E-state index < -0.39 is 0 Å². The van der Waals surface area contributed by atoms with Crippen LogP contribution in [0.1, 0.15) is 19.3 Å². The van der Waals surface area contributed by atoms with Crippen molar-refractivity contribution in [1.82, 2.24) is 10.6 Å². The third-order valence-electron chi connectivity index (χ3n) is 2.38. The molecule has 2 atom stereocenters. The maximum absolute atomic E-state index is 11.2. The first-order valence-corrected chi connectivity index (χ1v) is 4.21. The van der Waals surface area contributed by atoms with Gasteiger partial charge in [0.25, 0.3) is 0 Å². The van der Waals surface area contributed by atoms with Crippen molar-refractivity contribution in [3.8, 4) is 0 Å². The summed E-state index contributed by atoms with van der Waals surface area (Å²) in [4.78, 5) is 21.4. The first-order valence-electron chi connectivity index (χ1n) is 4.21. The standard InChI is InChI=1S/C8H14N2O2/c1-9-8(12)6-3-2-4-7(6)10-5-11/h5-7H,2-4H2,1H3,(H,9,12)(H,10,11). The lowest BCUT2D eigenvalue weighted by molar-refractivity contribution is -0.125. The largest absolute Gasteiger partial charge is 0.359 e. The van der Waals surface area contributed by atoms with E-state index in [9.17, 15) is 9.59 Å². The second-order valence-electron chi connectivity index (χ2n) is 3.04. The number of nitrogens with one attached hydrogen (secondary N) is 2. The first-order chi connectivity index (χ1) is 5.79. The number of hydrogen-bond donors (Lipinski definition) is 2. The minimum absolute atomic E-state index is 0.0276. The molecule has 12 heavy (non-hydrogen) atoms. The van der Waals surface area contributed by atoms with Gasteiger partial charge in [0.1, 0.15) is 0 Å². The highest BCUT2D eigenvalue weighted by Crippen LogP contribution is 2.25. The van der Waals surface area contributed by atoms with Crippen LogP contribution in [0.3, 0.4) is 0 Å². The Kier molecular flexibility index (Phi) is 3.08. The Morgan fingerprint density at radius 2 is 2.25 bits per heavy atom. The molecule has 2 amide bonds. The normalized spacial score (nSPS) is 28.1. The fourth-order valence-electron chi connectivity index (χ4n) is 1.75. The SMILES string of the molecule is CNC(=O)C1CCCC1NC=O. The van der Waals surface area contributed by atoms with Gasteiger partial charge in [-0.3, -0.25) is 9.59 Å². The lowest BCUT2D eigenvalue weighted by Crippen LogP contribution is -2.39. The zero-order valence-corrected chi connectivity index (χ0v) is 7.17. The lowest BCUT2D eigenvalue weighted by Gasteiger charge is -2.16. The van der Waals surface area contributed by atoms with Crippen LogP contribution in [0.2, 0.25) is 0 Å². The number of carbonyl (C=O) groups excluding carboxylic acids is 2. The maximum atomic E-state index is 11.2. The van der Waals surface area contributed by atoms with Crippen molar-refractivity contribution >= 4 is 12.3 Å². The van der Waals surface area contributed by atoms with Gasteiger partial charge in [-0.15, -0.1) is 0 Å². The minimum Gasteiger partial charge on any atom is -0.359 e. The van der Waals surface area contributed by atoms with Crippen molar-refractivity contribution in [3.05, 3.63) is 0 Å². The zero-order valence-electron chi connectivity index (χ0n) is 7.17. The molecule has 0 saturated heterocycles. The molecule has 0 aromatic carbocycles. The monoisotopic (exact) mass is 170 g/mol. The Hall–Kier alpha value is -1.06. The summed E-state index contributed by atoms with van der Waals surface area (Å²) in [6.45, 7) is 0. The van der Waals surface area contributed by atoms with Crippen LogP contribution in [-0.4, -0.2) is 25.4 Å². The van der Waals surface area contributed by atoms with Gasteiger partial charge < -0.3 is 10.6 Å². The Morgan fingerprint density at radius 1 is 1.50 bits per heavy atom. The summed E-state index contributed by atoms with van der Waals surface area (Å²) < 4.78 is 0. The molecule has 1 fully saturated rings. The molecule has 0 aromatic rings. The van der Waals surface area contributed by atoms with E-state index in [4.69, 9.17) is 0 Å². The van der Waals surface area contributed by atoms with E-state index in [1.54, 1.807) is 7.05 Å². The molecule has 2 N–H and O–H groups in total. The topological polar surface area (TPSA) is 58.2 Å². The highest BCUT2D eigenvalue weighted by Gasteiger charge is 2.31. The highest BCUT2D eigenvalue weighted by molar-refractivity contribution is 5.79. The van der Waals surface area contributed by atoms with Crippen molar-refractivity contribution in [2.24, 2.45) is 5.92 Å². The summed E-state index contributed by atoms with van der Waals surface area (Å²) in [7, 11) is 1.62. The van der Waals surface area contributed by atoms with Gasteiger partial charge >= 0.3 is 0 Å². The molecule has 4 nitrogen and oxygen atoms in total. The van der Waals surface area contributed by atoms with Crippen LogP contribution in [0, 0.1) is 5.92 Å². The highest BCUT2D eigenvalue weighted by atomic mass is 16.2. The van der Waals surface area contributed by atoms with E-state index in [0.29, 0.717) is 6.41 Å². The van der Waals surface area contributed by atoms with Crippen LogP contribution < -0.4 is 10.6 Å². The van der Waals surface area contributed by atoms with Crippen molar-refractivity contribution in [1.29, 1.82) is 0 Å². The summed E-state index contributed by atoms with van der Waals surface area (Å²) in [6.07, 6.45) is 3.48.